The Balaban J connectivity index is 2.02. The maximum absolute atomic E-state index is 11.8. The van der Waals surface area contributed by atoms with E-state index in [-0.39, 0.29) is 11.4 Å². The number of aryl methyl sites for hydroxylation is 1. The molecule has 1 aromatic rings. The highest BCUT2D eigenvalue weighted by molar-refractivity contribution is 7.98. The summed E-state index contributed by atoms with van der Waals surface area (Å²) in [4.78, 5) is 11.8. The van der Waals surface area contributed by atoms with Gasteiger partial charge in [-0.1, -0.05) is 29.8 Å². The number of carbonyl (C=O) groups is 1. The summed E-state index contributed by atoms with van der Waals surface area (Å²) in [6.45, 7) is 2.09. The molecular formula is C14H19NOS. The predicted molar refractivity (Wildman–Crippen MR) is 73.2 cm³/mol. The summed E-state index contributed by atoms with van der Waals surface area (Å²) in [5.74, 6) is 1.08. The number of nitrogens with one attached hydrogen (secondary N) is 1. The summed E-state index contributed by atoms with van der Waals surface area (Å²) < 4.78 is 0. The van der Waals surface area contributed by atoms with E-state index in [0.717, 1.165) is 18.6 Å². The highest BCUT2D eigenvalue weighted by Gasteiger charge is 2.45. The Labute approximate surface area is 107 Å². The van der Waals surface area contributed by atoms with Crippen molar-refractivity contribution >= 4 is 17.7 Å². The number of hydrogen-bond donors (Lipinski definition) is 1. The fraction of sp³-hybridized carbons (Fsp3) is 0.500. The molecule has 1 aliphatic rings. The second-order valence-corrected chi connectivity index (χ2v) is 5.73. The van der Waals surface area contributed by atoms with Gasteiger partial charge in [0, 0.05) is 12.2 Å². The molecule has 0 atom stereocenters. The van der Waals surface area contributed by atoms with Crippen LogP contribution in [0.1, 0.15) is 30.4 Å². The number of amides is 1. The summed E-state index contributed by atoms with van der Waals surface area (Å²) in [6, 6.07) is 8.46. The van der Waals surface area contributed by atoms with E-state index in [9.17, 15) is 4.79 Å². The minimum Gasteiger partial charge on any atom is -0.347 e. The van der Waals surface area contributed by atoms with Crippen molar-refractivity contribution in [3.63, 3.8) is 0 Å². The molecule has 1 aliphatic carbocycles. The summed E-state index contributed by atoms with van der Waals surface area (Å²) in [5, 5.41) is 3.19. The molecular weight excluding hydrogens is 230 g/mol. The molecule has 1 fully saturated rings. The van der Waals surface area contributed by atoms with Crippen molar-refractivity contribution in [3.05, 3.63) is 35.4 Å². The van der Waals surface area contributed by atoms with Crippen LogP contribution in [0.2, 0.25) is 0 Å². The van der Waals surface area contributed by atoms with Crippen LogP contribution in [-0.4, -0.2) is 17.9 Å². The van der Waals surface area contributed by atoms with Gasteiger partial charge in [-0.15, -0.1) is 0 Å². The normalized spacial score (nSPS) is 16.6. The molecule has 2 nitrogen and oxygen atoms in total. The molecule has 0 aromatic heterocycles. The third kappa shape index (κ3) is 3.03. The third-order valence-corrected chi connectivity index (χ3v) is 3.84. The van der Waals surface area contributed by atoms with Crippen molar-refractivity contribution in [2.75, 3.05) is 12.0 Å². The van der Waals surface area contributed by atoms with E-state index in [2.05, 4.69) is 36.5 Å². The molecule has 2 rings (SSSR count). The number of hydrogen-bond acceptors (Lipinski definition) is 2. The van der Waals surface area contributed by atoms with E-state index in [1.807, 2.05) is 6.26 Å². The molecule has 0 radical (unpaired) electrons. The highest BCUT2D eigenvalue weighted by Crippen LogP contribution is 2.45. The molecule has 3 heteroatoms. The largest absolute Gasteiger partial charge is 0.347 e. The highest BCUT2D eigenvalue weighted by atomic mass is 32.2. The van der Waals surface area contributed by atoms with Crippen molar-refractivity contribution in [3.8, 4) is 0 Å². The lowest BCUT2D eigenvalue weighted by atomic mass is 10.0. The van der Waals surface area contributed by atoms with Crippen LogP contribution in [-0.2, 0) is 10.3 Å². The van der Waals surface area contributed by atoms with Gasteiger partial charge in [-0.3, -0.25) is 4.79 Å². The number of carbonyl (C=O) groups excluding carboxylic acids is 1. The Kier molecular flexibility index (Phi) is 3.77. The minimum atomic E-state index is -0.0541. The van der Waals surface area contributed by atoms with Crippen LogP contribution in [0.5, 0.6) is 0 Å². The first-order valence-electron chi connectivity index (χ1n) is 6.03. The van der Waals surface area contributed by atoms with Crippen molar-refractivity contribution in [1.82, 2.24) is 5.32 Å². The van der Waals surface area contributed by atoms with Crippen LogP contribution in [0, 0.1) is 6.92 Å². The van der Waals surface area contributed by atoms with E-state index >= 15 is 0 Å². The number of rotatable bonds is 5. The molecule has 0 aliphatic heterocycles. The minimum absolute atomic E-state index is 0.0541. The maximum atomic E-state index is 11.8. The Morgan fingerprint density at radius 1 is 1.47 bits per heavy atom. The van der Waals surface area contributed by atoms with Crippen LogP contribution < -0.4 is 5.32 Å². The molecule has 0 bridgehead atoms. The predicted octanol–water partition coefficient (Wildman–Crippen LogP) is 2.85. The topological polar surface area (TPSA) is 29.1 Å². The average Bonchev–Trinajstić information content (AvgIpc) is 3.07. The Bertz CT molecular complexity index is 412. The van der Waals surface area contributed by atoms with Gasteiger partial charge in [0.05, 0.1) is 5.54 Å². The molecule has 1 saturated carbocycles. The Morgan fingerprint density at radius 3 is 2.82 bits per heavy atom. The molecule has 92 valence electrons. The zero-order chi connectivity index (χ0) is 12.3. The lowest BCUT2D eigenvalue weighted by molar-refractivity contribution is -0.121. The monoisotopic (exact) mass is 249 g/mol. The molecule has 0 heterocycles. The van der Waals surface area contributed by atoms with E-state index < -0.39 is 0 Å². The number of thioether (sulfide) groups is 1. The van der Waals surface area contributed by atoms with Crippen molar-refractivity contribution in [1.29, 1.82) is 0 Å². The smallest absolute Gasteiger partial charge is 0.221 e. The van der Waals surface area contributed by atoms with Crippen LogP contribution in [0.4, 0.5) is 0 Å². The first-order chi connectivity index (χ1) is 8.16. The van der Waals surface area contributed by atoms with Gasteiger partial charge < -0.3 is 5.32 Å². The SMILES string of the molecule is CSCCC(=O)NC1(c2cccc(C)c2)CC1. The fourth-order valence-corrected chi connectivity index (χ4v) is 2.47. The van der Waals surface area contributed by atoms with Crippen LogP contribution in [0.15, 0.2) is 24.3 Å². The summed E-state index contributed by atoms with van der Waals surface area (Å²) in [5.41, 5.74) is 2.46. The quantitative estimate of drug-likeness (QED) is 0.869. The lowest BCUT2D eigenvalue weighted by Gasteiger charge is -2.18. The van der Waals surface area contributed by atoms with Gasteiger partial charge in [0.2, 0.25) is 5.91 Å². The Hall–Kier alpha value is -0.960. The van der Waals surface area contributed by atoms with Gasteiger partial charge >= 0.3 is 0 Å². The summed E-state index contributed by atoms with van der Waals surface area (Å²) in [7, 11) is 0. The summed E-state index contributed by atoms with van der Waals surface area (Å²) in [6.07, 6.45) is 4.79. The van der Waals surface area contributed by atoms with E-state index in [0.29, 0.717) is 6.42 Å². The fourth-order valence-electron chi connectivity index (χ4n) is 2.08. The first kappa shape index (κ1) is 12.5. The molecule has 0 unspecified atom stereocenters. The van der Waals surface area contributed by atoms with Crippen molar-refractivity contribution < 1.29 is 4.79 Å². The van der Waals surface area contributed by atoms with Gasteiger partial charge in [0.15, 0.2) is 0 Å². The first-order valence-corrected chi connectivity index (χ1v) is 7.43. The average molecular weight is 249 g/mol. The molecule has 1 N–H and O–H groups in total. The van der Waals surface area contributed by atoms with Crippen LogP contribution >= 0.6 is 11.8 Å². The van der Waals surface area contributed by atoms with Crippen LogP contribution in [0.25, 0.3) is 0 Å². The molecule has 0 spiro atoms. The van der Waals surface area contributed by atoms with Crippen molar-refractivity contribution in [2.45, 2.75) is 31.7 Å². The van der Waals surface area contributed by atoms with E-state index in [1.165, 1.54) is 11.1 Å². The summed E-state index contributed by atoms with van der Waals surface area (Å²) >= 11 is 1.71. The second kappa shape index (κ2) is 5.13. The zero-order valence-corrected chi connectivity index (χ0v) is 11.3. The van der Waals surface area contributed by atoms with E-state index in [4.69, 9.17) is 0 Å². The van der Waals surface area contributed by atoms with Gasteiger partial charge in [0.1, 0.15) is 0 Å². The third-order valence-electron chi connectivity index (χ3n) is 3.23. The van der Waals surface area contributed by atoms with Gasteiger partial charge in [-0.05, 0) is 31.6 Å². The standard InChI is InChI=1S/C14H19NOS/c1-11-4-3-5-12(10-11)14(7-8-14)15-13(16)6-9-17-2/h3-5,10H,6-9H2,1-2H3,(H,15,16). The molecule has 1 aromatic carbocycles. The van der Waals surface area contributed by atoms with Gasteiger partial charge in [-0.25, -0.2) is 0 Å². The van der Waals surface area contributed by atoms with Crippen LogP contribution in [0.3, 0.4) is 0 Å². The second-order valence-electron chi connectivity index (χ2n) is 4.74. The maximum Gasteiger partial charge on any atom is 0.221 e. The van der Waals surface area contributed by atoms with E-state index in [1.54, 1.807) is 11.8 Å². The van der Waals surface area contributed by atoms with Crippen molar-refractivity contribution in [2.24, 2.45) is 0 Å². The van der Waals surface area contributed by atoms with Gasteiger partial charge in [-0.2, -0.15) is 11.8 Å². The molecule has 0 saturated heterocycles. The Morgan fingerprint density at radius 2 is 2.24 bits per heavy atom. The molecule has 17 heavy (non-hydrogen) atoms. The number of benzene rings is 1. The van der Waals surface area contributed by atoms with Gasteiger partial charge in [0.25, 0.3) is 0 Å². The molecule has 1 amide bonds. The zero-order valence-electron chi connectivity index (χ0n) is 10.5. The lowest BCUT2D eigenvalue weighted by Crippen LogP contribution is -2.35.